The van der Waals surface area contributed by atoms with E-state index in [0.29, 0.717) is 43.0 Å². The van der Waals surface area contributed by atoms with Crippen LogP contribution >= 0.6 is 11.3 Å². The maximum atomic E-state index is 12.2. The largest absolute Gasteiger partial charge is 0.494 e. The molecule has 1 N–H and O–H groups in total. The van der Waals surface area contributed by atoms with E-state index in [-0.39, 0.29) is 12.3 Å². The minimum absolute atomic E-state index is 0.105. The molecule has 3 heterocycles. The summed E-state index contributed by atoms with van der Waals surface area (Å²) in [5.41, 5.74) is 1.77. The lowest BCUT2D eigenvalue weighted by atomic mass is 10.2. The Morgan fingerprint density at radius 3 is 2.75 bits per heavy atom. The van der Waals surface area contributed by atoms with E-state index >= 15 is 0 Å². The van der Waals surface area contributed by atoms with Crippen molar-refractivity contribution in [2.75, 3.05) is 6.61 Å². The Labute approximate surface area is 189 Å². The summed E-state index contributed by atoms with van der Waals surface area (Å²) < 4.78 is 16.8. The molecule has 164 valence electrons. The van der Waals surface area contributed by atoms with Gasteiger partial charge in [0.2, 0.25) is 23.6 Å². The normalized spacial score (nSPS) is 10.7. The molecule has 0 spiro atoms. The predicted octanol–water partition coefficient (Wildman–Crippen LogP) is 4.63. The van der Waals surface area contributed by atoms with Crippen LogP contribution in [0.3, 0.4) is 0 Å². The average molecular weight is 451 g/mol. The zero-order valence-electron chi connectivity index (χ0n) is 17.5. The van der Waals surface area contributed by atoms with Crippen LogP contribution in [0.4, 0.5) is 0 Å². The zero-order valence-corrected chi connectivity index (χ0v) is 18.3. The smallest absolute Gasteiger partial charge is 0.248 e. The molecule has 32 heavy (non-hydrogen) atoms. The first-order valence-corrected chi connectivity index (χ1v) is 11.1. The van der Waals surface area contributed by atoms with Crippen LogP contribution in [0.15, 0.2) is 63.8 Å². The summed E-state index contributed by atoms with van der Waals surface area (Å²) in [7, 11) is 0. The highest BCUT2D eigenvalue weighted by Crippen LogP contribution is 2.23. The number of aryl methyl sites for hydroxylation is 1. The number of amides is 1. The summed E-state index contributed by atoms with van der Waals surface area (Å²) in [6.07, 6.45) is 2.28. The number of nitrogens with one attached hydrogen (secondary N) is 1. The number of ether oxygens (including phenoxy) is 2. The van der Waals surface area contributed by atoms with Crippen LogP contribution in [0.1, 0.15) is 24.8 Å². The maximum Gasteiger partial charge on any atom is 0.248 e. The second kappa shape index (κ2) is 10.5. The third-order valence-electron chi connectivity index (χ3n) is 4.45. The molecule has 0 fully saturated rings. The number of nitrogens with zero attached hydrogens (tertiary/aromatic N) is 3. The van der Waals surface area contributed by atoms with Gasteiger partial charge in [-0.05, 0) is 54.3 Å². The highest BCUT2D eigenvalue weighted by atomic mass is 32.1. The van der Waals surface area contributed by atoms with Crippen LogP contribution in [0.25, 0.3) is 11.5 Å². The number of carbonyl (C=O) groups is 1. The minimum Gasteiger partial charge on any atom is -0.494 e. The molecule has 0 aliphatic rings. The zero-order chi connectivity index (χ0) is 22.2. The Morgan fingerprint density at radius 1 is 1.12 bits per heavy atom. The molecule has 0 bridgehead atoms. The first kappa shape index (κ1) is 21.5. The van der Waals surface area contributed by atoms with Gasteiger partial charge in [0.15, 0.2) is 0 Å². The number of rotatable bonds is 10. The Morgan fingerprint density at radius 2 is 1.97 bits per heavy atom. The molecule has 0 radical (unpaired) electrons. The second-order valence-corrected chi connectivity index (χ2v) is 7.58. The summed E-state index contributed by atoms with van der Waals surface area (Å²) in [5, 5.41) is 14.8. The van der Waals surface area contributed by atoms with Gasteiger partial charge in [-0.15, -0.1) is 10.2 Å². The van der Waals surface area contributed by atoms with E-state index < -0.39 is 0 Å². The number of benzene rings is 1. The van der Waals surface area contributed by atoms with Crippen LogP contribution in [0.5, 0.6) is 17.4 Å². The molecule has 0 aliphatic heterocycles. The SMILES string of the molecule is CCOc1ccc(Oc2cc(CNC(=O)CCc3nnc(-c4ccsc4)o3)ccn2)cc1. The molecule has 9 heteroatoms. The number of hydrogen-bond donors (Lipinski definition) is 1. The molecule has 4 rings (SSSR count). The van der Waals surface area contributed by atoms with Gasteiger partial charge in [0, 0.05) is 42.6 Å². The van der Waals surface area contributed by atoms with E-state index in [4.69, 9.17) is 13.9 Å². The lowest BCUT2D eigenvalue weighted by Gasteiger charge is -2.09. The lowest BCUT2D eigenvalue weighted by molar-refractivity contribution is -0.121. The van der Waals surface area contributed by atoms with Gasteiger partial charge in [-0.3, -0.25) is 4.79 Å². The monoisotopic (exact) mass is 450 g/mol. The van der Waals surface area contributed by atoms with Gasteiger partial charge in [0.05, 0.1) is 6.61 Å². The van der Waals surface area contributed by atoms with Gasteiger partial charge in [0.1, 0.15) is 11.5 Å². The number of pyridine rings is 1. The predicted molar refractivity (Wildman–Crippen MR) is 120 cm³/mol. The topological polar surface area (TPSA) is 99.4 Å². The van der Waals surface area contributed by atoms with Crippen molar-refractivity contribution < 1.29 is 18.7 Å². The molecule has 4 aromatic rings. The Hall–Kier alpha value is -3.72. The van der Waals surface area contributed by atoms with Crippen LogP contribution in [0.2, 0.25) is 0 Å². The van der Waals surface area contributed by atoms with Crippen molar-refractivity contribution in [1.29, 1.82) is 0 Å². The molecule has 1 amide bonds. The van der Waals surface area contributed by atoms with Gasteiger partial charge < -0.3 is 19.2 Å². The van der Waals surface area contributed by atoms with Gasteiger partial charge in [-0.1, -0.05) is 0 Å². The summed E-state index contributed by atoms with van der Waals surface area (Å²) in [4.78, 5) is 16.5. The number of hydrogen-bond acceptors (Lipinski definition) is 8. The van der Waals surface area contributed by atoms with Crippen LogP contribution in [-0.2, 0) is 17.8 Å². The third-order valence-corrected chi connectivity index (χ3v) is 5.13. The van der Waals surface area contributed by atoms with Gasteiger partial charge in [-0.2, -0.15) is 11.3 Å². The quantitative estimate of drug-likeness (QED) is 0.376. The molecule has 0 saturated heterocycles. The van der Waals surface area contributed by atoms with E-state index in [2.05, 4.69) is 20.5 Å². The Bertz CT molecular complexity index is 1140. The minimum atomic E-state index is -0.105. The van der Waals surface area contributed by atoms with Gasteiger partial charge in [-0.25, -0.2) is 4.98 Å². The number of carbonyl (C=O) groups excluding carboxylic acids is 1. The lowest BCUT2D eigenvalue weighted by Crippen LogP contribution is -2.23. The fraction of sp³-hybridized carbons (Fsp3) is 0.217. The van der Waals surface area contributed by atoms with Crippen molar-refractivity contribution in [3.63, 3.8) is 0 Å². The van der Waals surface area contributed by atoms with Gasteiger partial charge >= 0.3 is 0 Å². The van der Waals surface area contributed by atoms with Crippen molar-refractivity contribution in [3.8, 4) is 28.8 Å². The van der Waals surface area contributed by atoms with Crippen molar-refractivity contribution in [1.82, 2.24) is 20.5 Å². The molecule has 8 nitrogen and oxygen atoms in total. The Kier molecular flexibility index (Phi) is 7.08. The fourth-order valence-electron chi connectivity index (χ4n) is 2.87. The first-order valence-electron chi connectivity index (χ1n) is 10.2. The number of thiophene rings is 1. The van der Waals surface area contributed by atoms with E-state index in [1.54, 1.807) is 23.6 Å². The first-order chi connectivity index (χ1) is 15.7. The average Bonchev–Trinajstić information content (AvgIpc) is 3.50. The highest BCUT2D eigenvalue weighted by molar-refractivity contribution is 7.08. The summed E-state index contributed by atoms with van der Waals surface area (Å²) in [5.74, 6) is 2.70. The van der Waals surface area contributed by atoms with Gasteiger partial charge in [0.25, 0.3) is 0 Å². The summed E-state index contributed by atoms with van der Waals surface area (Å²) in [6, 6.07) is 12.9. The molecule has 1 aromatic carbocycles. The molecular weight excluding hydrogens is 428 g/mol. The van der Waals surface area contributed by atoms with E-state index in [1.807, 2.05) is 54.1 Å². The van der Waals surface area contributed by atoms with Crippen molar-refractivity contribution in [2.24, 2.45) is 0 Å². The second-order valence-electron chi connectivity index (χ2n) is 6.80. The molecule has 0 aliphatic carbocycles. The molecule has 0 unspecified atom stereocenters. The van der Waals surface area contributed by atoms with Crippen molar-refractivity contribution in [2.45, 2.75) is 26.3 Å². The van der Waals surface area contributed by atoms with E-state index in [0.717, 1.165) is 16.9 Å². The molecule has 0 saturated carbocycles. The summed E-state index contributed by atoms with van der Waals surface area (Å²) in [6.45, 7) is 2.91. The standard InChI is InChI=1S/C23H22N4O4S/c1-2-29-18-3-5-19(6-4-18)30-22-13-16(9-11-24-22)14-25-20(28)7-8-21-26-27-23(31-21)17-10-12-32-15-17/h3-6,9-13,15H,2,7-8,14H2,1H3,(H,25,28). The molecule has 3 aromatic heterocycles. The summed E-state index contributed by atoms with van der Waals surface area (Å²) >= 11 is 1.56. The van der Waals surface area contributed by atoms with E-state index in [1.165, 1.54) is 0 Å². The fourth-order valence-corrected chi connectivity index (χ4v) is 3.50. The third kappa shape index (κ3) is 5.92. The van der Waals surface area contributed by atoms with E-state index in [9.17, 15) is 4.79 Å². The maximum absolute atomic E-state index is 12.2. The highest BCUT2D eigenvalue weighted by Gasteiger charge is 2.11. The van der Waals surface area contributed by atoms with Crippen molar-refractivity contribution in [3.05, 3.63) is 70.9 Å². The van der Waals surface area contributed by atoms with Crippen LogP contribution in [0, 0.1) is 0 Å². The molecule has 0 atom stereocenters. The van der Waals surface area contributed by atoms with Crippen LogP contribution in [-0.4, -0.2) is 27.7 Å². The van der Waals surface area contributed by atoms with Crippen LogP contribution < -0.4 is 14.8 Å². The number of aromatic nitrogens is 3. The van der Waals surface area contributed by atoms with Crippen molar-refractivity contribution >= 4 is 17.2 Å². The molecular formula is C23H22N4O4S. The Balaban J connectivity index is 1.25.